The lowest BCUT2D eigenvalue weighted by Gasteiger charge is -2.06. The van der Waals surface area contributed by atoms with Crippen LogP contribution in [0.3, 0.4) is 0 Å². The Morgan fingerprint density at radius 3 is 2.29 bits per heavy atom. The minimum absolute atomic E-state index is 0.313. The third-order valence-electron chi connectivity index (χ3n) is 2.09. The summed E-state index contributed by atoms with van der Waals surface area (Å²) in [4.78, 5) is 0.956. The van der Waals surface area contributed by atoms with Crippen LogP contribution in [0.5, 0.6) is 11.5 Å². The molecule has 88 valence electrons. The summed E-state index contributed by atoms with van der Waals surface area (Å²) < 4.78 is 19.0. The van der Waals surface area contributed by atoms with Gasteiger partial charge in [-0.05, 0) is 70.3 Å². The van der Waals surface area contributed by atoms with Crippen LogP contribution in [0.25, 0.3) is 0 Å². The highest BCUT2D eigenvalue weighted by Gasteiger charge is 2.02. The van der Waals surface area contributed by atoms with Gasteiger partial charge in [0.25, 0.3) is 0 Å². The highest BCUT2D eigenvalue weighted by Crippen LogP contribution is 2.27. The molecule has 0 fully saturated rings. The summed E-state index contributed by atoms with van der Waals surface area (Å²) in [7, 11) is 0. The van der Waals surface area contributed by atoms with E-state index in [9.17, 15) is 4.39 Å². The Kier molecular flexibility index (Phi) is 4.04. The predicted octanol–water partition coefficient (Wildman–Crippen LogP) is 4.35. The van der Waals surface area contributed by atoms with E-state index in [1.165, 1.54) is 18.0 Å². The van der Waals surface area contributed by atoms with Crippen molar-refractivity contribution < 1.29 is 9.13 Å². The van der Waals surface area contributed by atoms with Crippen LogP contribution in [0, 0.1) is 5.82 Å². The molecule has 2 rings (SSSR count). The van der Waals surface area contributed by atoms with Crippen molar-refractivity contribution in [3.8, 4) is 11.5 Å². The highest BCUT2D eigenvalue weighted by molar-refractivity contribution is 9.10. The number of halogens is 2. The van der Waals surface area contributed by atoms with Gasteiger partial charge in [-0.25, -0.2) is 4.39 Å². The lowest BCUT2D eigenvalue weighted by Crippen LogP contribution is -1.86. The van der Waals surface area contributed by atoms with Crippen molar-refractivity contribution in [2.75, 3.05) is 0 Å². The van der Waals surface area contributed by atoms with E-state index in [2.05, 4.69) is 15.9 Å². The smallest absolute Gasteiger partial charge is 0.137 e. The molecular formula is C12H9BrFNOS. The molecule has 17 heavy (non-hydrogen) atoms. The normalized spacial score (nSPS) is 10.3. The van der Waals surface area contributed by atoms with Crippen LogP contribution in [0.15, 0.2) is 51.8 Å². The molecule has 0 aliphatic heterocycles. The molecule has 2 aromatic carbocycles. The molecule has 2 nitrogen and oxygen atoms in total. The first-order chi connectivity index (χ1) is 8.19. The van der Waals surface area contributed by atoms with E-state index in [0.717, 1.165) is 4.90 Å². The third-order valence-corrected chi connectivity index (χ3v) is 3.24. The summed E-state index contributed by atoms with van der Waals surface area (Å²) >= 11 is 4.28. The Morgan fingerprint density at radius 2 is 1.71 bits per heavy atom. The summed E-state index contributed by atoms with van der Waals surface area (Å²) in [6.07, 6.45) is 0. The number of hydrogen-bond acceptors (Lipinski definition) is 3. The Balaban J connectivity index is 2.16. The van der Waals surface area contributed by atoms with Crippen LogP contribution in [-0.2, 0) is 0 Å². The van der Waals surface area contributed by atoms with E-state index in [4.69, 9.17) is 9.88 Å². The molecule has 0 aliphatic rings. The maximum Gasteiger partial charge on any atom is 0.137 e. The molecule has 5 heteroatoms. The Morgan fingerprint density at radius 1 is 1.06 bits per heavy atom. The van der Waals surface area contributed by atoms with Crippen molar-refractivity contribution >= 4 is 27.9 Å². The first-order valence-electron chi connectivity index (χ1n) is 4.79. The molecule has 0 atom stereocenters. The van der Waals surface area contributed by atoms with Gasteiger partial charge in [0.05, 0.1) is 4.47 Å². The number of nitrogens with two attached hydrogens (primary N) is 1. The maximum absolute atomic E-state index is 13.0. The van der Waals surface area contributed by atoms with Crippen LogP contribution in [-0.4, -0.2) is 0 Å². The Labute approximate surface area is 111 Å². The molecule has 0 aliphatic carbocycles. The first-order valence-corrected chi connectivity index (χ1v) is 6.46. The number of benzene rings is 2. The van der Waals surface area contributed by atoms with Crippen molar-refractivity contribution in [2.45, 2.75) is 4.90 Å². The quantitative estimate of drug-likeness (QED) is 0.856. The van der Waals surface area contributed by atoms with E-state index in [0.29, 0.717) is 16.0 Å². The second-order valence-corrected chi connectivity index (χ2v) is 4.83. The number of ether oxygens (including phenoxy) is 1. The average molecular weight is 314 g/mol. The minimum atomic E-state index is -0.313. The van der Waals surface area contributed by atoms with Crippen LogP contribution in [0.2, 0.25) is 0 Å². The maximum atomic E-state index is 13.0. The fraction of sp³-hybridized carbons (Fsp3) is 0. The molecule has 0 saturated carbocycles. The summed E-state index contributed by atoms with van der Waals surface area (Å²) in [5.41, 5.74) is 0. The minimum Gasteiger partial charge on any atom is -0.457 e. The molecule has 2 aromatic rings. The van der Waals surface area contributed by atoms with Gasteiger partial charge in [-0.1, -0.05) is 0 Å². The molecule has 0 spiro atoms. The van der Waals surface area contributed by atoms with Gasteiger partial charge in [-0.2, -0.15) is 0 Å². The summed E-state index contributed by atoms with van der Waals surface area (Å²) in [5.74, 6) is 0.944. The number of hydrogen-bond donors (Lipinski definition) is 1. The van der Waals surface area contributed by atoms with Crippen molar-refractivity contribution in [3.05, 3.63) is 52.8 Å². The van der Waals surface area contributed by atoms with E-state index in [-0.39, 0.29) is 5.82 Å². The average Bonchev–Trinajstić information content (AvgIpc) is 2.35. The molecular weight excluding hydrogens is 305 g/mol. The van der Waals surface area contributed by atoms with Crippen LogP contribution in [0.4, 0.5) is 4.39 Å². The van der Waals surface area contributed by atoms with Crippen molar-refractivity contribution in [2.24, 2.45) is 5.14 Å². The molecule has 0 aromatic heterocycles. The zero-order chi connectivity index (χ0) is 12.3. The first kappa shape index (κ1) is 12.4. The molecule has 0 amide bonds. The van der Waals surface area contributed by atoms with Gasteiger partial charge >= 0.3 is 0 Å². The van der Waals surface area contributed by atoms with Gasteiger partial charge in [0.1, 0.15) is 17.3 Å². The van der Waals surface area contributed by atoms with Crippen molar-refractivity contribution in [1.82, 2.24) is 0 Å². The zero-order valence-electron chi connectivity index (χ0n) is 8.69. The van der Waals surface area contributed by atoms with Gasteiger partial charge in [-0.15, -0.1) is 0 Å². The van der Waals surface area contributed by atoms with Gasteiger partial charge in [0, 0.05) is 4.90 Å². The lowest BCUT2D eigenvalue weighted by molar-refractivity contribution is 0.479. The highest BCUT2D eigenvalue weighted by atomic mass is 79.9. The summed E-state index contributed by atoms with van der Waals surface area (Å²) in [5, 5.41) is 5.42. The lowest BCUT2D eigenvalue weighted by atomic mass is 10.3. The van der Waals surface area contributed by atoms with Crippen LogP contribution in [0.1, 0.15) is 0 Å². The second kappa shape index (κ2) is 5.53. The fourth-order valence-corrected chi connectivity index (χ4v) is 1.91. The molecule has 0 unspecified atom stereocenters. The SMILES string of the molecule is NSc1ccc(Oc2ccc(F)c(Br)c2)cc1. The van der Waals surface area contributed by atoms with Crippen molar-refractivity contribution in [1.29, 1.82) is 0 Å². The van der Waals surface area contributed by atoms with E-state index >= 15 is 0 Å². The zero-order valence-corrected chi connectivity index (χ0v) is 11.1. The van der Waals surface area contributed by atoms with Gasteiger partial charge in [0.2, 0.25) is 0 Å². The van der Waals surface area contributed by atoms with Crippen molar-refractivity contribution in [3.63, 3.8) is 0 Å². The Hall–Kier alpha value is -1.04. The molecule has 2 N–H and O–H groups in total. The molecule has 0 heterocycles. The third kappa shape index (κ3) is 3.21. The largest absolute Gasteiger partial charge is 0.457 e. The topological polar surface area (TPSA) is 35.2 Å². The van der Waals surface area contributed by atoms with E-state index in [1.807, 2.05) is 24.3 Å². The summed E-state index contributed by atoms with van der Waals surface area (Å²) in [6.45, 7) is 0. The standard InChI is InChI=1S/C12H9BrFNOS/c13-11-7-9(3-6-12(11)14)16-8-1-4-10(17-15)5-2-8/h1-7H,15H2. The second-order valence-electron chi connectivity index (χ2n) is 3.27. The van der Waals surface area contributed by atoms with Crippen LogP contribution >= 0.6 is 27.9 Å². The fourth-order valence-electron chi connectivity index (χ4n) is 1.26. The predicted molar refractivity (Wildman–Crippen MR) is 70.7 cm³/mol. The molecule has 0 bridgehead atoms. The number of rotatable bonds is 3. The Bertz CT molecular complexity index is 518. The monoisotopic (exact) mass is 313 g/mol. The van der Waals surface area contributed by atoms with Gasteiger partial charge < -0.3 is 4.74 Å². The van der Waals surface area contributed by atoms with E-state index < -0.39 is 0 Å². The van der Waals surface area contributed by atoms with Crippen LogP contribution < -0.4 is 9.88 Å². The van der Waals surface area contributed by atoms with Gasteiger partial charge in [-0.3, -0.25) is 5.14 Å². The molecule has 0 saturated heterocycles. The van der Waals surface area contributed by atoms with Gasteiger partial charge in [0.15, 0.2) is 0 Å². The van der Waals surface area contributed by atoms with E-state index in [1.54, 1.807) is 12.1 Å². The molecule has 0 radical (unpaired) electrons. The summed E-state index contributed by atoms with van der Waals surface area (Å²) in [6, 6.07) is 11.9.